The fraction of sp³-hybridized carbons (Fsp3) is 0.474. The second-order valence-electron chi connectivity index (χ2n) is 5.82. The van der Waals surface area contributed by atoms with Gasteiger partial charge in [-0.25, -0.2) is 0 Å². The van der Waals surface area contributed by atoms with Crippen molar-refractivity contribution in [1.29, 1.82) is 0 Å². The van der Waals surface area contributed by atoms with Crippen molar-refractivity contribution in [1.82, 2.24) is 0 Å². The number of halogens is 1. The first kappa shape index (κ1) is 17.3. The number of hydrogen-bond acceptors (Lipinski definition) is 2. The van der Waals surface area contributed by atoms with Gasteiger partial charge < -0.3 is 9.84 Å². The van der Waals surface area contributed by atoms with Crippen LogP contribution in [0.1, 0.15) is 44.3 Å². The number of unbranched alkanes of at least 4 members (excludes halogenated alkanes) is 2. The van der Waals surface area contributed by atoms with E-state index in [1.54, 1.807) is 0 Å². The Morgan fingerprint density at radius 3 is 2.64 bits per heavy atom. The first-order valence-electron chi connectivity index (χ1n) is 8.02. The summed E-state index contributed by atoms with van der Waals surface area (Å²) in [6.45, 7) is 2.84. The molecule has 1 aliphatic carbocycles. The van der Waals surface area contributed by atoms with Crippen LogP contribution in [0.2, 0.25) is 0 Å². The van der Waals surface area contributed by atoms with E-state index in [4.69, 9.17) is 4.74 Å². The average molecular weight is 365 g/mol. The number of aliphatic hydroxyl groups is 1. The number of ether oxygens (including phenoxy) is 1. The lowest BCUT2D eigenvalue weighted by atomic mass is 9.88. The molecule has 0 radical (unpaired) electrons. The van der Waals surface area contributed by atoms with Gasteiger partial charge in [0.05, 0.1) is 12.7 Å². The molecule has 0 amide bonds. The van der Waals surface area contributed by atoms with Crippen molar-refractivity contribution in [3.8, 4) is 5.75 Å². The van der Waals surface area contributed by atoms with Gasteiger partial charge in [0.2, 0.25) is 0 Å². The molecule has 0 saturated heterocycles. The zero-order valence-electron chi connectivity index (χ0n) is 13.2. The summed E-state index contributed by atoms with van der Waals surface area (Å²) < 4.78 is 5.73. The molecule has 1 aromatic rings. The maximum absolute atomic E-state index is 10.5. The van der Waals surface area contributed by atoms with Crippen molar-refractivity contribution in [2.45, 2.75) is 38.7 Å². The van der Waals surface area contributed by atoms with E-state index in [9.17, 15) is 5.11 Å². The molecule has 2 atom stereocenters. The average Bonchev–Trinajstić information content (AvgIpc) is 2.55. The Balaban J connectivity index is 1.82. The highest BCUT2D eigenvalue weighted by Crippen LogP contribution is 2.30. The summed E-state index contributed by atoms with van der Waals surface area (Å²) in [5.74, 6) is 1.05. The van der Waals surface area contributed by atoms with Crippen LogP contribution < -0.4 is 4.74 Å². The van der Waals surface area contributed by atoms with Crippen LogP contribution in [0.4, 0.5) is 0 Å². The Morgan fingerprint density at radius 2 is 2.00 bits per heavy atom. The number of allylic oxidation sites excluding steroid dienone is 3. The zero-order chi connectivity index (χ0) is 15.8. The van der Waals surface area contributed by atoms with Gasteiger partial charge in [-0.3, -0.25) is 0 Å². The molecule has 0 aromatic heterocycles. The largest absolute Gasteiger partial charge is 0.494 e. The molecule has 2 rings (SSSR count). The minimum absolute atomic E-state index is 0.166. The minimum atomic E-state index is -0.450. The summed E-state index contributed by atoms with van der Waals surface area (Å²) in [6.07, 6.45) is 10.3. The fourth-order valence-electron chi connectivity index (χ4n) is 2.55. The van der Waals surface area contributed by atoms with Gasteiger partial charge >= 0.3 is 0 Å². The molecule has 0 heterocycles. The van der Waals surface area contributed by atoms with Crippen molar-refractivity contribution in [3.63, 3.8) is 0 Å². The molecule has 3 heteroatoms. The second-order valence-corrected chi connectivity index (χ2v) is 6.61. The molecule has 120 valence electrons. The fourth-order valence-corrected chi connectivity index (χ4v) is 2.95. The van der Waals surface area contributed by atoms with E-state index < -0.39 is 6.10 Å². The van der Waals surface area contributed by atoms with Gasteiger partial charge in [0.25, 0.3) is 0 Å². The molecule has 0 fully saturated rings. The molecule has 0 aliphatic heterocycles. The van der Waals surface area contributed by atoms with Gasteiger partial charge in [-0.2, -0.15) is 0 Å². The van der Waals surface area contributed by atoms with Crippen LogP contribution in [-0.2, 0) is 0 Å². The monoisotopic (exact) mass is 364 g/mol. The Hall–Kier alpha value is -1.06. The maximum atomic E-state index is 10.5. The third-order valence-corrected chi connectivity index (χ3v) is 4.55. The highest BCUT2D eigenvalue weighted by molar-refractivity contribution is 9.09. The quantitative estimate of drug-likeness (QED) is 0.508. The smallest absolute Gasteiger partial charge is 0.119 e. The first-order chi connectivity index (χ1) is 10.7. The van der Waals surface area contributed by atoms with Crippen LogP contribution in [0.25, 0.3) is 0 Å². The number of alkyl halides is 1. The number of hydrogen-bond donors (Lipinski definition) is 1. The Kier molecular flexibility index (Phi) is 7.20. The molecule has 1 N–H and O–H groups in total. The van der Waals surface area contributed by atoms with E-state index in [0.29, 0.717) is 0 Å². The Labute approximate surface area is 142 Å². The third-order valence-electron chi connectivity index (χ3n) is 3.99. The highest BCUT2D eigenvalue weighted by Gasteiger charge is 2.19. The molecule has 2 nitrogen and oxygen atoms in total. The van der Waals surface area contributed by atoms with E-state index in [2.05, 4.69) is 41.1 Å². The summed E-state index contributed by atoms with van der Waals surface area (Å²) in [4.78, 5) is 0. The van der Waals surface area contributed by atoms with Crippen molar-refractivity contribution in [2.24, 2.45) is 5.92 Å². The molecule has 1 aliphatic rings. The lowest BCUT2D eigenvalue weighted by molar-refractivity contribution is 0.132. The molecule has 2 unspecified atom stereocenters. The Morgan fingerprint density at radius 1 is 1.23 bits per heavy atom. The minimum Gasteiger partial charge on any atom is -0.494 e. The number of benzene rings is 1. The van der Waals surface area contributed by atoms with Gasteiger partial charge in [-0.05, 0) is 50.3 Å². The summed E-state index contributed by atoms with van der Waals surface area (Å²) >= 11 is 3.43. The van der Waals surface area contributed by atoms with Crippen LogP contribution in [0.5, 0.6) is 5.75 Å². The number of aliphatic hydroxyl groups excluding tert-OH is 1. The van der Waals surface area contributed by atoms with Crippen molar-refractivity contribution < 1.29 is 9.84 Å². The van der Waals surface area contributed by atoms with Gasteiger partial charge in [0.1, 0.15) is 5.75 Å². The van der Waals surface area contributed by atoms with Crippen LogP contribution in [0.15, 0.2) is 48.1 Å². The van der Waals surface area contributed by atoms with E-state index in [1.807, 2.05) is 24.3 Å². The topological polar surface area (TPSA) is 29.5 Å². The molecule has 22 heavy (non-hydrogen) atoms. The SMILES string of the molecule is CC1=CCC(C(O)c2ccc(OCCCCCBr)cc2)C=C1. The maximum Gasteiger partial charge on any atom is 0.119 e. The van der Waals surface area contributed by atoms with Crippen LogP contribution in [-0.4, -0.2) is 17.0 Å². The van der Waals surface area contributed by atoms with E-state index in [-0.39, 0.29) is 5.92 Å². The van der Waals surface area contributed by atoms with Crippen molar-refractivity contribution in [2.75, 3.05) is 11.9 Å². The van der Waals surface area contributed by atoms with Gasteiger partial charge in [0, 0.05) is 11.2 Å². The van der Waals surface area contributed by atoms with Gasteiger partial charge in [0.15, 0.2) is 0 Å². The molecule has 0 spiro atoms. The lowest BCUT2D eigenvalue weighted by Crippen LogP contribution is -2.11. The number of rotatable bonds is 8. The predicted octanol–water partition coefficient (Wildman–Crippen LogP) is 5.19. The zero-order valence-corrected chi connectivity index (χ0v) is 14.8. The highest BCUT2D eigenvalue weighted by atomic mass is 79.9. The first-order valence-corrected chi connectivity index (χ1v) is 9.14. The summed E-state index contributed by atoms with van der Waals surface area (Å²) in [5, 5.41) is 11.5. The molecular weight excluding hydrogens is 340 g/mol. The second kappa shape index (κ2) is 9.16. The van der Waals surface area contributed by atoms with Crippen LogP contribution in [0, 0.1) is 5.92 Å². The van der Waals surface area contributed by atoms with E-state index in [1.165, 1.54) is 18.4 Å². The van der Waals surface area contributed by atoms with Crippen molar-refractivity contribution in [3.05, 3.63) is 53.6 Å². The molecule has 0 bridgehead atoms. The standard InChI is InChI=1S/C19H25BrO2/c1-15-5-7-16(8-6-15)19(21)17-9-11-18(12-10-17)22-14-4-2-3-13-20/h5-7,9-12,16,19,21H,2-4,8,13-14H2,1H3. The summed E-state index contributed by atoms with van der Waals surface area (Å²) in [7, 11) is 0. The lowest BCUT2D eigenvalue weighted by Gasteiger charge is -2.21. The third kappa shape index (κ3) is 5.29. The van der Waals surface area contributed by atoms with Gasteiger partial charge in [-0.15, -0.1) is 0 Å². The summed E-state index contributed by atoms with van der Waals surface area (Å²) in [6, 6.07) is 7.85. The van der Waals surface area contributed by atoms with Crippen LogP contribution >= 0.6 is 15.9 Å². The molecule has 1 aromatic carbocycles. The van der Waals surface area contributed by atoms with Crippen LogP contribution in [0.3, 0.4) is 0 Å². The molecular formula is C19H25BrO2. The normalized spacial score (nSPS) is 18.9. The predicted molar refractivity (Wildman–Crippen MR) is 95.5 cm³/mol. The van der Waals surface area contributed by atoms with E-state index >= 15 is 0 Å². The Bertz CT molecular complexity index is 505. The van der Waals surface area contributed by atoms with Crippen molar-refractivity contribution >= 4 is 15.9 Å². The molecule has 0 saturated carbocycles. The summed E-state index contributed by atoms with van der Waals surface area (Å²) in [5.41, 5.74) is 2.22. The van der Waals surface area contributed by atoms with Gasteiger partial charge in [-0.1, -0.05) is 51.9 Å². The van der Waals surface area contributed by atoms with E-state index in [0.717, 1.165) is 36.1 Å².